The Bertz CT molecular complexity index is 1830. The largest absolute Gasteiger partial charge is 0.461 e. The van der Waals surface area contributed by atoms with Crippen LogP contribution in [0.25, 0.3) is 32.1 Å². The first-order chi connectivity index (χ1) is 21.1. The topological polar surface area (TPSA) is 103 Å². The van der Waals surface area contributed by atoms with Gasteiger partial charge in [-0.15, -0.1) is 11.3 Å². The van der Waals surface area contributed by atoms with Gasteiger partial charge in [-0.2, -0.15) is 15.2 Å². The highest BCUT2D eigenvalue weighted by molar-refractivity contribution is 7.23. The summed E-state index contributed by atoms with van der Waals surface area (Å²) in [6.45, 7) is 9.35. The van der Waals surface area contributed by atoms with Crippen molar-refractivity contribution in [3.05, 3.63) is 40.4 Å². The normalized spacial score (nSPS) is 23.7. The van der Waals surface area contributed by atoms with Gasteiger partial charge in [-0.3, -0.25) is 4.90 Å². The molecular formula is C32H34ClF2N7OS. The molecule has 7 rings (SSSR count). The molecule has 3 atom stereocenters. The number of ether oxygens (including phenoxy) is 1. The van der Waals surface area contributed by atoms with Gasteiger partial charge in [-0.1, -0.05) is 17.7 Å². The fourth-order valence-corrected chi connectivity index (χ4v) is 8.73. The number of nitrogens with one attached hydrogen (secondary N) is 1. The van der Waals surface area contributed by atoms with Gasteiger partial charge >= 0.3 is 6.01 Å². The molecule has 230 valence electrons. The second-order valence-corrected chi connectivity index (χ2v) is 14.2. The third-order valence-corrected chi connectivity index (χ3v) is 10.8. The Labute approximate surface area is 263 Å². The molecule has 3 aliphatic rings. The zero-order valence-corrected chi connectivity index (χ0v) is 26.5. The van der Waals surface area contributed by atoms with Crippen LogP contribution in [0.4, 0.5) is 19.6 Å². The monoisotopic (exact) mass is 637 g/mol. The van der Waals surface area contributed by atoms with Crippen molar-refractivity contribution < 1.29 is 13.5 Å². The molecule has 12 heteroatoms. The van der Waals surface area contributed by atoms with E-state index in [1.165, 1.54) is 12.1 Å². The minimum absolute atomic E-state index is 0.0307. The van der Waals surface area contributed by atoms with E-state index < -0.39 is 11.6 Å². The van der Waals surface area contributed by atoms with Crippen molar-refractivity contribution in [2.75, 3.05) is 36.9 Å². The molecule has 3 fully saturated rings. The lowest BCUT2D eigenvalue weighted by Crippen LogP contribution is -2.51. The van der Waals surface area contributed by atoms with Crippen molar-refractivity contribution in [3.63, 3.8) is 0 Å². The number of benzene rings is 2. The second kappa shape index (κ2) is 10.9. The SMILES string of the molecule is CC(C)N1CCC[C@@]1(C)COc1nc(N2CC3CCC(C2)N3)c2cc(Cl)c(-c3ccc(F)c4sc(N)c(C#N)c34)c(F)c2n1. The Morgan fingerprint density at radius 1 is 1.25 bits per heavy atom. The zero-order valence-electron chi connectivity index (χ0n) is 24.9. The third kappa shape index (κ3) is 4.74. The maximum Gasteiger partial charge on any atom is 0.319 e. The molecule has 5 heterocycles. The van der Waals surface area contributed by atoms with Crippen LogP contribution in [0.2, 0.25) is 5.02 Å². The van der Waals surface area contributed by atoms with E-state index in [0.29, 0.717) is 35.9 Å². The Hall–Kier alpha value is -3.30. The van der Waals surface area contributed by atoms with Gasteiger partial charge in [-0.25, -0.2) is 8.78 Å². The number of nitrogen functional groups attached to an aromatic ring is 1. The lowest BCUT2D eigenvalue weighted by atomic mass is 9.97. The van der Waals surface area contributed by atoms with Crippen LogP contribution in [0.15, 0.2) is 18.2 Å². The molecule has 3 N–H and O–H groups in total. The predicted molar refractivity (Wildman–Crippen MR) is 172 cm³/mol. The summed E-state index contributed by atoms with van der Waals surface area (Å²) in [6.07, 6.45) is 4.20. The number of anilines is 2. The summed E-state index contributed by atoms with van der Waals surface area (Å²) < 4.78 is 38.2. The fraction of sp³-hybridized carbons (Fsp3) is 0.469. The second-order valence-electron chi connectivity index (χ2n) is 12.7. The van der Waals surface area contributed by atoms with Gasteiger partial charge in [0.25, 0.3) is 0 Å². The highest BCUT2D eigenvalue weighted by Crippen LogP contribution is 2.46. The van der Waals surface area contributed by atoms with Crippen LogP contribution in [0.1, 0.15) is 52.0 Å². The van der Waals surface area contributed by atoms with Gasteiger partial charge in [-0.05, 0) is 70.7 Å². The summed E-state index contributed by atoms with van der Waals surface area (Å²) in [5, 5.41) is 14.5. The Balaban J connectivity index is 1.39. The minimum Gasteiger partial charge on any atom is -0.461 e. The molecule has 2 unspecified atom stereocenters. The van der Waals surface area contributed by atoms with Gasteiger partial charge in [0.15, 0.2) is 5.82 Å². The molecule has 3 aliphatic heterocycles. The number of hydrogen-bond acceptors (Lipinski definition) is 9. The summed E-state index contributed by atoms with van der Waals surface area (Å²) in [4.78, 5) is 14.1. The van der Waals surface area contributed by atoms with E-state index in [1.54, 1.807) is 6.07 Å². The van der Waals surface area contributed by atoms with Crippen molar-refractivity contribution in [1.82, 2.24) is 20.2 Å². The Kier molecular flexibility index (Phi) is 7.32. The number of nitriles is 1. The van der Waals surface area contributed by atoms with E-state index in [2.05, 4.69) is 46.9 Å². The smallest absolute Gasteiger partial charge is 0.319 e. The van der Waals surface area contributed by atoms with Gasteiger partial charge < -0.3 is 20.7 Å². The lowest BCUT2D eigenvalue weighted by molar-refractivity contribution is 0.0626. The van der Waals surface area contributed by atoms with E-state index in [9.17, 15) is 9.65 Å². The quantitative estimate of drug-likeness (QED) is 0.248. The molecular weight excluding hydrogens is 604 g/mol. The number of rotatable bonds is 6. The van der Waals surface area contributed by atoms with Crippen LogP contribution < -0.4 is 20.7 Å². The van der Waals surface area contributed by atoms with Crippen molar-refractivity contribution in [3.8, 4) is 23.2 Å². The van der Waals surface area contributed by atoms with Crippen LogP contribution in [-0.2, 0) is 0 Å². The molecule has 0 spiro atoms. The number of nitrogens with two attached hydrogens (primary N) is 1. The predicted octanol–water partition coefficient (Wildman–Crippen LogP) is 6.48. The average Bonchev–Trinajstić information content (AvgIpc) is 3.66. The first-order valence-electron chi connectivity index (χ1n) is 15.1. The number of halogens is 3. The van der Waals surface area contributed by atoms with E-state index in [0.717, 1.165) is 56.7 Å². The summed E-state index contributed by atoms with van der Waals surface area (Å²) in [5.74, 6) is -0.643. The number of likely N-dealkylation sites (tertiary alicyclic amines) is 1. The van der Waals surface area contributed by atoms with E-state index >= 15 is 4.39 Å². The van der Waals surface area contributed by atoms with Crippen LogP contribution in [0, 0.1) is 23.0 Å². The maximum atomic E-state index is 16.9. The number of piperazine rings is 1. The molecule has 3 saturated heterocycles. The summed E-state index contributed by atoms with van der Waals surface area (Å²) in [6, 6.07) is 7.51. The van der Waals surface area contributed by atoms with Gasteiger partial charge in [0.05, 0.1) is 20.8 Å². The average molecular weight is 638 g/mol. The van der Waals surface area contributed by atoms with Gasteiger partial charge in [0, 0.05) is 47.6 Å². The molecule has 2 aromatic heterocycles. The Morgan fingerprint density at radius 3 is 2.70 bits per heavy atom. The number of fused-ring (bicyclic) bond motifs is 4. The first-order valence-corrected chi connectivity index (χ1v) is 16.3. The zero-order chi connectivity index (χ0) is 30.9. The molecule has 0 saturated carbocycles. The summed E-state index contributed by atoms with van der Waals surface area (Å²) in [5.41, 5.74) is 6.34. The summed E-state index contributed by atoms with van der Waals surface area (Å²) in [7, 11) is 0. The van der Waals surface area contributed by atoms with Crippen LogP contribution >= 0.6 is 22.9 Å². The number of thiophene rings is 1. The molecule has 0 amide bonds. The number of aromatic nitrogens is 2. The Morgan fingerprint density at radius 2 is 2.00 bits per heavy atom. The number of nitrogens with zero attached hydrogens (tertiary/aromatic N) is 5. The molecule has 0 radical (unpaired) electrons. The first kappa shape index (κ1) is 29.4. The standard InChI is InChI=1S/C32H34ClF2N7OS/c1-16(2)42-10-4-9-32(42,3)15-43-31-39-27-20(30(40-31)41-13-17-5-6-18(14-41)38-17)11-22(33)25(26(27)35)19-7-8-23(34)28-24(19)21(12-36)29(37)44-28/h7-8,11,16-18,38H,4-6,9-10,13-15,37H2,1-3H3/t17?,18?,32-/m0/s1. The lowest BCUT2D eigenvalue weighted by Gasteiger charge is -2.37. The molecule has 44 heavy (non-hydrogen) atoms. The van der Waals surface area contributed by atoms with Gasteiger partial charge in [0.1, 0.15) is 34.8 Å². The highest BCUT2D eigenvalue weighted by Gasteiger charge is 2.39. The van der Waals surface area contributed by atoms with Crippen LogP contribution in [0.3, 0.4) is 0 Å². The van der Waals surface area contributed by atoms with Crippen molar-refractivity contribution in [2.45, 2.75) is 70.1 Å². The van der Waals surface area contributed by atoms with E-state index in [-0.39, 0.29) is 53.9 Å². The van der Waals surface area contributed by atoms with Crippen molar-refractivity contribution >= 4 is 54.7 Å². The van der Waals surface area contributed by atoms with Crippen LogP contribution in [-0.4, -0.2) is 64.8 Å². The maximum absolute atomic E-state index is 16.9. The molecule has 2 bridgehead atoms. The van der Waals surface area contributed by atoms with E-state index in [4.69, 9.17) is 27.1 Å². The number of hydrogen-bond donors (Lipinski definition) is 2. The fourth-order valence-electron chi connectivity index (χ4n) is 7.49. The third-order valence-electron chi connectivity index (χ3n) is 9.50. The van der Waals surface area contributed by atoms with Crippen molar-refractivity contribution in [2.24, 2.45) is 0 Å². The van der Waals surface area contributed by atoms with Crippen LogP contribution in [0.5, 0.6) is 6.01 Å². The van der Waals surface area contributed by atoms with Gasteiger partial charge in [0.2, 0.25) is 0 Å². The van der Waals surface area contributed by atoms with E-state index in [1.807, 2.05) is 0 Å². The van der Waals surface area contributed by atoms with Crippen molar-refractivity contribution in [1.29, 1.82) is 5.26 Å². The molecule has 2 aromatic carbocycles. The molecule has 0 aliphatic carbocycles. The highest BCUT2D eigenvalue weighted by atomic mass is 35.5. The minimum atomic E-state index is -0.684. The molecule has 8 nitrogen and oxygen atoms in total. The summed E-state index contributed by atoms with van der Waals surface area (Å²) >= 11 is 7.81. The molecule has 4 aromatic rings.